The predicted octanol–water partition coefficient (Wildman–Crippen LogP) is 4.17. The molecule has 0 heterocycles. The van der Waals surface area contributed by atoms with Gasteiger partial charge in [0, 0.05) is 11.6 Å². The van der Waals surface area contributed by atoms with Crippen LogP contribution in [0.2, 0.25) is 10.0 Å². The number of nitrogens with zero attached hydrogens (tertiary/aromatic N) is 1. The van der Waals surface area contributed by atoms with Crippen molar-refractivity contribution >= 4 is 44.8 Å². The van der Waals surface area contributed by atoms with Gasteiger partial charge in [0.15, 0.2) is 0 Å². The molecule has 0 aliphatic rings. The van der Waals surface area contributed by atoms with E-state index in [1.165, 1.54) is 24.3 Å². The number of anilines is 1. The summed E-state index contributed by atoms with van der Waals surface area (Å²) in [6, 6.07) is 9.01. The highest BCUT2D eigenvalue weighted by molar-refractivity contribution is 7.89. The van der Waals surface area contributed by atoms with Crippen LogP contribution in [-0.4, -0.2) is 31.7 Å². The zero-order valence-corrected chi connectivity index (χ0v) is 16.2. The molecule has 2 aromatic carbocycles. The molecule has 0 aliphatic carbocycles. The molecule has 0 spiro atoms. The Morgan fingerprint density at radius 2 is 1.81 bits per heavy atom. The minimum Gasteiger partial charge on any atom is -0.324 e. The summed E-state index contributed by atoms with van der Waals surface area (Å²) in [5.41, 5.74) is 0.330. The largest absolute Gasteiger partial charge is 0.324 e. The van der Waals surface area contributed by atoms with Gasteiger partial charge in [-0.25, -0.2) is 12.8 Å². The molecule has 9 heteroatoms. The first-order valence-electron chi connectivity index (χ1n) is 7.74. The summed E-state index contributed by atoms with van der Waals surface area (Å²) in [5.74, 6) is -1.09. The van der Waals surface area contributed by atoms with Crippen molar-refractivity contribution in [1.29, 1.82) is 0 Å². The van der Waals surface area contributed by atoms with Crippen molar-refractivity contribution in [3.8, 4) is 0 Å². The number of nitrogens with one attached hydrogen (secondary N) is 1. The molecule has 0 aliphatic heterocycles. The van der Waals surface area contributed by atoms with Gasteiger partial charge in [-0.05, 0) is 48.9 Å². The summed E-state index contributed by atoms with van der Waals surface area (Å²) in [5, 5.41) is 3.22. The fraction of sp³-hybridized carbons (Fsp3) is 0.235. The summed E-state index contributed by atoms with van der Waals surface area (Å²) in [4.78, 5) is 12.2. The van der Waals surface area contributed by atoms with Crippen molar-refractivity contribution in [3.63, 3.8) is 0 Å². The van der Waals surface area contributed by atoms with Gasteiger partial charge in [0.05, 0.1) is 22.2 Å². The van der Waals surface area contributed by atoms with E-state index < -0.39 is 28.3 Å². The smallest absolute Gasteiger partial charge is 0.243 e. The Balaban J connectivity index is 2.18. The van der Waals surface area contributed by atoms with Gasteiger partial charge >= 0.3 is 0 Å². The highest BCUT2D eigenvalue weighted by atomic mass is 35.5. The van der Waals surface area contributed by atoms with E-state index in [1.807, 2.05) is 0 Å². The Kier molecular flexibility index (Phi) is 7.00. The van der Waals surface area contributed by atoms with E-state index in [-0.39, 0.29) is 16.5 Å². The minimum absolute atomic E-state index is 0.0790. The van der Waals surface area contributed by atoms with Crippen molar-refractivity contribution in [2.45, 2.75) is 18.2 Å². The van der Waals surface area contributed by atoms with E-state index in [9.17, 15) is 17.6 Å². The van der Waals surface area contributed by atoms with Crippen molar-refractivity contribution in [2.24, 2.45) is 0 Å². The lowest BCUT2D eigenvalue weighted by Crippen LogP contribution is -2.38. The van der Waals surface area contributed by atoms with Crippen LogP contribution in [0, 0.1) is 5.82 Å². The van der Waals surface area contributed by atoms with Crippen molar-refractivity contribution in [1.82, 2.24) is 4.31 Å². The van der Waals surface area contributed by atoms with Crippen LogP contribution >= 0.6 is 23.2 Å². The standard InChI is InChI=1S/C17H17Cl2FN2O3S/c1-2-9-22(26(24,25)14-6-4-13(20)5-7-14)11-17(23)21-16-8-3-12(18)10-15(16)19/h3-8,10H,2,9,11H2,1H3,(H,21,23). The van der Waals surface area contributed by atoms with Crippen LogP contribution in [0.1, 0.15) is 13.3 Å². The fourth-order valence-electron chi connectivity index (χ4n) is 2.23. The molecule has 0 unspecified atom stereocenters. The highest BCUT2D eigenvalue weighted by Gasteiger charge is 2.26. The van der Waals surface area contributed by atoms with Gasteiger partial charge in [0.25, 0.3) is 0 Å². The number of amides is 1. The molecule has 0 aromatic heterocycles. The zero-order chi connectivity index (χ0) is 19.3. The Morgan fingerprint density at radius 3 is 2.38 bits per heavy atom. The molecular weight excluding hydrogens is 402 g/mol. The lowest BCUT2D eigenvalue weighted by Gasteiger charge is -2.21. The predicted molar refractivity (Wildman–Crippen MR) is 101 cm³/mol. The Labute approximate surface area is 161 Å². The summed E-state index contributed by atoms with van der Waals surface area (Å²) >= 11 is 11.8. The molecule has 0 saturated heterocycles. The number of rotatable bonds is 7. The first-order valence-corrected chi connectivity index (χ1v) is 9.94. The van der Waals surface area contributed by atoms with E-state index in [0.29, 0.717) is 17.1 Å². The number of halogens is 3. The van der Waals surface area contributed by atoms with Crippen LogP contribution < -0.4 is 5.32 Å². The van der Waals surface area contributed by atoms with Gasteiger partial charge in [-0.1, -0.05) is 30.1 Å². The normalized spacial score (nSPS) is 11.6. The number of hydrogen-bond donors (Lipinski definition) is 1. The van der Waals surface area contributed by atoms with Gasteiger partial charge in [-0.2, -0.15) is 4.31 Å². The molecule has 0 atom stereocenters. The van der Waals surface area contributed by atoms with Crippen LogP contribution in [-0.2, 0) is 14.8 Å². The molecule has 0 saturated carbocycles. The second-order valence-electron chi connectivity index (χ2n) is 5.46. The first-order chi connectivity index (χ1) is 12.2. The van der Waals surface area contributed by atoms with Crippen LogP contribution in [0.4, 0.5) is 10.1 Å². The Morgan fingerprint density at radius 1 is 1.15 bits per heavy atom. The van der Waals surface area contributed by atoms with E-state index in [2.05, 4.69) is 5.32 Å². The third-order valence-electron chi connectivity index (χ3n) is 3.45. The highest BCUT2D eigenvalue weighted by Crippen LogP contribution is 2.25. The Bertz CT molecular complexity index is 889. The molecule has 1 N–H and O–H groups in total. The maximum atomic E-state index is 13.0. The van der Waals surface area contributed by atoms with Gasteiger partial charge in [0.1, 0.15) is 5.82 Å². The molecule has 1 amide bonds. The quantitative estimate of drug-likeness (QED) is 0.733. The van der Waals surface area contributed by atoms with Crippen LogP contribution in [0.3, 0.4) is 0 Å². The molecule has 0 fully saturated rings. The number of carbonyl (C=O) groups is 1. The average molecular weight is 419 g/mol. The van der Waals surface area contributed by atoms with Gasteiger partial charge in [-0.15, -0.1) is 0 Å². The summed E-state index contributed by atoms with van der Waals surface area (Å²) in [6.07, 6.45) is 0.509. The topological polar surface area (TPSA) is 66.5 Å². The average Bonchev–Trinajstić information content (AvgIpc) is 2.57. The third-order valence-corrected chi connectivity index (χ3v) is 5.86. The van der Waals surface area contributed by atoms with Crippen molar-refractivity contribution < 1.29 is 17.6 Å². The second kappa shape index (κ2) is 8.81. The van der Waals surface area contributed by atoms with Crippen LogP contribution in [0.25, 0.3) is 0 Å². The summed E-state index contributed by atoms with van der Waals surface area (Å²) < 4.78 is 39.5. The number of hydrogen-bond acceptors (Lipinski definition) is 3. The fourth-order valence-corrected chi connectivity index (χ4v) is 4.17. The number of benzene rings is 2. The molecule has 140 valence electrons. The van der Waals surface area contributed by atoms with E-state index in [1.54, 1.807) is 13.0 Å². The van der Waals surface area contributed by atoms with Crippen LogP contribution in [0.15, 0.2) is 47.4 Å². The molecule has 0 radical (unpaired) electrons. The van der Waals surface area contributed by atoms with Gasteiger partial charge in [-0.3, -0.25) is 4.79 Å². The lowest BCUT2D eigenvalue weighted by molar-refractivity contribution is -0.116. The Hall–Kier alpha value is -1.67. The minimum atomic E-state index is -3.93. The SMILES string of the molecule is CCCN(CC(=O)Nc1ccc(Cl)cc1Cl)S(=O)(=O)c1ccc(F)cc1. The maximum Gasteiger partial charge on any atom is 0.243 e. The summed E-state index contributed by atoms with van der Waals surface area (Å²) in [6.45, 7) is 1.54. The van der Waals surface area contributed by atoms with Crippen molar-refractivity contribution in [2.75, 3.05) is 18.4 Å². The zero-order valence-electron chi connectivity index (χ0n) is 13.9. The molecule has 2 aromatic rings. The second-order valence-corrected chi connectivity index (χ2v) is 8.25. The first kappa shape index (κ1) is 20.6. The monoisotopic (exact) mass is 418 g/mol. The van der Waals surface area contributed by atoms with Gasteiger partial charge < -0.3 is 5.32 Å². The lowest BCUT2D eigenvalue weighted by atomic mass is 10.3. The molecule has 26 heavy (non-hydrogen) atoms. The number of carbonyl (C=O) groups excluding carboxylic acids is 1. The third kappa shape index (κ3) is 5.17. The maximum absolute atomic E-state index is 13.0. The molecule has 2 rings (SSSR count). The van der Waals surface area contributed by atoms with Crippen LogP contribution in [0.5, 0.6) is 0 Å². The van der Waals surface area contributed by atoms with E-state index >= 15 is 0 Å². The van der Waals surface area contributed by atoms with E-state index in [4.69, 9.17) is 23.2 Å². The van der Waals surface area contributed by atoms with Gasteiger partial charge in [0.2, 0.25) is 15.9 Å². The molecular formula is C17H17Cl2FN2O3S. The van der Waals surface area contributed by atoms with Crippen molar-refractivity contribution in [3.05, 3.63) is 58.3 Å². The molecule has 0 bridgehead atoms. The van der Waals surface area contributed by atoms with E-state index in [0.717, 1.165) is 16.4 Å². The summed E-state index contributed by atoms with van der Waals surface area (Å²) in [7, 11) is -3.93. The number of sulfonamides is 1. The molecule has 5 nitrogen and oxygen atoms in total.